The second kappa shape index (κ2) is 7.38. The van der Waals surface area contributed by atoms with Gasteiger partial charge in [0, 0.05) is 40.8 Å². The average Bonchev–Trinajstić information content (AvgIpc) is 3.02. The van der Waals surface area contributed by atoms with Gasteiger partial charge < -0.3 is 14.7 Å². The lowest BCUT2D eigenvalue weighted by Gasteiger charge is -2.23. The molecule has 0 bridgehead atoms. The van der Waals surface area contributed by atoms with Crippen LogP contribution in [0.5, 0.6) is 0 Å². The minimum Gasteiger partial charge on any atom is -0.481 e. The molecular weight excluding hydrogens is 358 g/mol. The topological polar surface area (TPSA) is 66.8 Å². The molecule has 2 heterocycles. The van der Waals surface area contributed by atoms with Crippen molar-refractivity contribution < 1.29 is 19.4 Å². The Labute approximate surface area is 136 Å². The number of carboxylic acid groups (broad SMARTS) is 1. The highest BCUT2D eigenvalue weighted by molar-refractivity contribution is 9.10. The fraction of sp³-hybridized carbons (Fsp3) is 0.571. The van der Waals surface area contributed by atoms with Crippen molar-refractivity contribution in [2.24, 2.45) is 0 Å². The lowest BCUT2D eigenvalue weighted by Crippen LogP contribution is -2.37. The van der Waals surface area contributed by atoms with E-state index in [1.807, 2.05) is 11.4 Å². The Balaban J connectivity index is 1.93. The van der Waals surface area contributed by atoms with Crippen LogP contribution in [0.2, 0.25) is 0 Å². The quantitative estimate of drug-likeness (QED) is 0.829. The lowest BCUT2D eigenvalue weighted by molar-refractivity contribution is -0.139. The summed E-state index contributed by atoms with van der Waals surface area (Å²) < 4.78 is 6.31. The number of aryl methyl sites for hydroxylation is 1. The van der Waals surface area contributed by atoms with Gasteiger partial charge in [-0.15, -0.1) is 11.3 Å². The van der Waals surface area contributed by atoms with E-state index in [2.05, 4.69) is 15.9 Å². The molecule has 5 nitrogen and oxygen atoms in total. The van der Waals surface area contributed by atoms with Crippen molar-refractivity contribution in [2.75, 3.05) is 13.7 Å². The highest BCUT2D eigenvalue weighted by Gasteiger charge is 2.36. The summed E-state index contributed by atoms with van der Waals surface area (Å²) in [7, 11) is 1.60. The number of rotatable bonds is 6. The van der Waals surface area contributed by atoms with Crippen molar-refractivity contribution in [3.8, 4) is 0 Å². The number of thiophene rings is 1. The highest BCUT2D eigenvalue weighted by Crippen LogP contribution is 2.25. The third-order valence-electron chi connectivity index (χ3n) is 3.65. The molecule has 1 amide bonds. The van der Waals surface area contributed by atoms with Crippen LogP contribution in [0.15, 0.2) is 15.9 Å². The van der Waals surface area contributed by atoms with Gasteiger partial charge in [0.25, 0.3) is 0 Å². The summed E-state index contributed by atoms with van der Waals surface area (Å²) in [6.45, 7) is 0.488. The number of nitrogens with zero attached hydrogens (tertiary/aromatic N) is 1. The zero-order valence-corrected chi connectivity index (χ0v) is 14.2. The van der Waals surface area contributed by atoms with Crippen LogP contribution >= 0.6 is 27.3 Å². The van der Waals surface area contributed by atoms with E-state index in [0.29, 0.717) is 25.8 Å². The number of methoxy groups -OCH3 is 1. The van der Waals surface area contributed by atoms with Gasteiger partial charge in [0.1, 0.15) is 0 Å². The first kappa shape index (κ1) is 16.5. The van der Waals surface area contributed by atoms with Crippen molar-refractivity contribution >= 4 is 39.1 Å². The van der Waals surface area contributed by atoms with Crippen LogP contribution in [0.1, 0.15) is 24.1 Å². The first-order valence-corrected chi connectivity index (χ1v) is 8.43. The molecule has 1 aromatic rings. The summed E-state index contributed by atoms with van der Waals surface area (Å²) >= 11 is 5.01. The van der Waals surface area contributed by atoms with E-state index in [9.17, 15) is 9.59 Å². The minimum absolute atomic E-state index is 0.00493. The van der Waals surface area contributed by atoms with Crippen molar-refractivity contribution in [3.05, 3.63) is 20.8 Å². The zero-order valence-electron chi connectivity index (χ0n) is 11.8. The maximum absolute atomic E-state index is 12.3. The smallest absolute Gasteiger partial charge is 0.305 e. The maximum atomic E-state index is 12.3. The molecule has 2 rings (SSSR count). The van der Waals surface area contributed by atoms with Gasteiger partial charge in [-0.05, 0) is 34.8 Å². The predicted molar refractivity (Wildman–Crippen MR) is 83.5 cm³/mol. The van der Waals surface area contributed by atoms with Crippen LogP contribution in [0.3, 0.4) is 0 Å². The molecule has 0 saturated carbocycles. The molecule has 0 aromatic carbocycles. The van der Waals surface area contributed by atoms with E-state index in [1.54, 1.807) is 23.3 Å². The molecule has 21 heavy (non-hydrogen) atoms. The number of amides is 1. The molecule has 2 unspecified atom stereocenters. The Morgan fingerprint density at radius 1 is 1.57 bits per heavy atom. The van der Waals surface area contributed by atoms with Crippen LogP contribution in [0, 0.1) is 0 Å². The van der Waals surface area contributed by atoms with Gasteiger partial charge in [-0.3, -0.25) is 9.59 Å². The van der Waals surface area contributed by atoms with E-state index in [-0.39, 0.29) is 24.5 Å². The Kier molecular flexibility index (Phi) is 5.78. The second-order valence-electron chi connectivity index (χ2n) is 5.12. The lowest BCUT2D eigenvalue weighted by atomic mass is 10.1. The van der Waals surface area contributed by atoms with E-state index >= 15 is 0 Å². The van der Waals surface area contributed by atoms with Gasteiger partial charge >= 0.3 is 5.97 Å². The molecule has 1 N–H and O–H groups in total. The van der Waals surface area contributed by atoms with Gasteiger partial charge in [-0.1, -0.05) is 0 Å². The van der Waals surface area contributed by atoms with Crippen LogP contribution in [0.25, 0.3) is 0 Å². The Bertz CT molecular complexity index is 519. The summed E-state index contributed by atoms with van der Waals surface area (Å²) in [5.41, 5.74) is 0. The molecular formula is C14H18BrNO4S. The fourth-order valence-electron chi connectivity index (χ4n) is 2.60. The molecule has 116 valence electrons. The molecule has 0 aliphatic carbocycles. The Morgan fingerprint density at radius 2 is 2.33 bits per heavy atom. The number of hydrogen-bond acceptors (Lipinski definition) is 4. The standard InChI is InChI=1S/C14H18BrNO4S/c1-20-11-5-10(6-14(18)19)16(7-11)13(17)3-2-12-4-9(15)8-21-12/h4,8,10-11H,2-3,5-7H2,1H3,(H,18,19). The van der Waals surface area contributed by atoms with Gasteiger partial charge in [0.2, 0.25) is 5.91 Å². The summed E-state index contributed by atoms with van der Waals surface area (Å²) in [4.78, 5) is 26.1. The number of carboxylic acids is 1. The number of carbonyl (C=O) groups is 2. The number of ether oxygens (including phenoxy) is 1. The van der Waals surface area contributed by atoms with Crippen molar-refractivity contribution in [2.45, 2.75) is 37.8 Å². The molecule has 1 fully saturated rings. The van der Waals surface area contributed by atoms with Gasteiger partial charge in [-0.2, -0.15) is 0 Å². The minimum atomic E-state index is -0.878. The third kappa shape index (κ3) is 4.52. The van der Waals surface area contributed by atoms with Gasteiger partial charge in [0.05, 0.1) is 12.5 Å². The van der Waals surface area contributed by atoms with E-state index in [0.717, 1.165) is 9.35 Å². The maximum Gasteiger partial charge on any atom is 0.305 e. The molecule has 1 saturated heterocycles. The first-order chi connectivity index (χ1) is 9.99. The first-order valence-electron chi connectivity index (χ1n) is 6.76. The van der Waals surface area contributed by atoms with E-state index in [4.69, 9.17) is 9.84 Å². The summed E-state index contributed by atoms with van der Waals surface area (Å²) in [6.07, 6.45) is 1.60. The Morgan fingerprint density at radius 3 is 2.90 bits per heavy atom. The van der Waals surface area contributed by atoms with Crippen LogP contribution in [-0.4, -0.2) is 47.7 Å². The molecule has 1 aliphatic heterocycles. The summed E-state index contributed by atoms with van der Waals surface area (Å²) in [5, 5.41) is 11.0. The molecule has 7 heteroatoms. The third-order valence-corrected chi connectivity index (χ3v) is 5.40. The number of likely N-dealkylation sites (tertiary alicyclic amines) is 1. The monoisotopic (exact) mass is 375 g/mol. The highest BCUT2D eigenvalue weighted by atomic mass is 79.9. The van der Waals surface area contributed by atoms with E-state index in [1.165, 1.54) is 0 Å². The normalized spacial score (nSPS) is 21.7. The number of hydrogen-bond donors (Lipinski definition) is 1. The van der Waals surface area contributed by atoms with Crippen LogP contribution < -0.4 is 0 Å². The second-order valence-corrected chi connectivity index (χ2v) is 7.03. The molecule has 1 aliphatic rings. The molecule has 2 atom stereocenters. The predicted octanol–water partition coefficient (Wildman–Crippen LogP) is 2.53. The molecule has 1 aromatic heterocycles. The van der Waals surface area contributed by atoms with Crippen molar-refractivity contribution in [3.63, 3.8) is 0 Å². The van der Waals surface area contributed by atoms with E-state index < -0.39 is 5.97 Å². The average molecular weight is 376 g/mol. The zero-order chi connectivity index (χ0) is 15.4. The number of halogens is 1. The summed E-state index contributed by atoms with van der Waals surface area (Å²) in [5.74, 6) is -0.873. The summed E-state index contributed by atoms with van der Waals surface area (Å²) in [6, 6.07) is 1.75. The van der Waals surface area contributed by atoms with Gasteiger partial charge in [-0.25, -0.2) is 0 Å². The molecule has 0 spiro atoms. The fourth-order valence-corrected chi connectivity index (χ4v) is 4.06. The number of aliphatic carboxylic acids is 1. The largest absolute Gasteiger partial charge is 0.481 e. The van der Waals surface area contributed by atoms with Crippen molar-refractivity contribution in [1.82, 2.24) is 4.90 Å². The van der Waals surface area contributed by atoms with Crippen LogP contribution in [-0.2, 0) is 20.7 Å². The van der Waals surface area contributed by atoms with Gasteiger partial charge in [0.15, 0.2) is 0 Å². The Hall–Kier alpha value is -0.920. The van der Waals surface area contributed by atoms with Crippen LogP contribution in [0.4, 0.5) is 0 Å². The van der Waals surface area contributed by atoms with Crippen molar-refractivity contribution in [1.29, 1.82) is 0 Å². The molecule has 0 radical (unpaired) electrons. The number of carbonyl (C=O) groups excluding carboxylic acids is 1. The SMILES string of the molecule is COC1CC(CC(=O)O)N(C(=O)CCc2cc(Br)cs2)C1.